The fraction of sp³-hybridized carbons (Fsp3) is 0.375. The third kappa shape index (κ3) is 2.71. The lowest BCUT2D eigenvalue weighted by molar-refractivity contribution is 0.300. The molecule has 1 aromatic rings. The summed E-state index contributed by atoms with van der Waals surface area (Å²) in [6.07, 6.45) is 1.71. The minimum Gasteiger partial charge on any atom is -0.395 e. The molecule has 1 heterocycles. The van der Waals surface area contributed by atoms with Crippen LogP contribution in [0.15, 0.2) is 23.2 Å². The van der Waals surface area contributed by atoms with Crippen molar-refractivity contribution in [2.75, 3.05) is 12.3 Å². The maximum atomic E-state index is 8.78. The van der Waals surface area contributed by atoms with Crippen LogP contribution in [0.2, 0.25) is 0 Å². The highest BCUT2D eigenvalue weighted by atomic mass is 32.2. The molecule has 0 aliphatic carbocycles. The molecular weight excluding hydrogens is 172 g/mol. The average molecular weight is 184 g/mol. The summed E-state index contributed by atoms with van der Waals surface area (Å²) in [5, 5.41) is 8.99. The monoisotopic (exact) mass is 184 g/mol. The summed E-state index contributed by atoms with van der Waals surface area (Å²) >= 11 is 1.58. The highest BCUT2D eigenvalue weighted by Gasteiger charge is 2.01. The number of rotatable bonds is 3. The number of nitrogens with two attached hydrogens (primary N) is 1. The van der Waals surface area contributed by atoms with E-state index in [4.69, 9.17) is 10.8 Å². The number of hydrogen-bond acceptors (Lipinski definition) is 4. The van der Waals surface area contributed by atoms with Crippen molar-refractivity contribution in [2.24, 2.45) is 0 Å². The van der Waals surface area contributed by atoms with E-state index in [9.17, 15) is 0 Å². The van der Waals surface area contributed by atoms with Crippen molar-refractivity contribution in [3.8, 4) is 0 Å². The van der Waals surface area contributed by atoms with Gasteiger partial charge < -0.3 is 10.8 Å². The maximum absolute atomic E-state index is 8.78. The molecule has 1 unspecified atom stereocenters. The standard InChI is InChI=1S/C8H12N2OS/c1-6(5-11)12-7-2-3-8(9)10-4-7/h2-4,6,11H,5H2,1H3,(H2,9,10). The number of aromatic nitrogens is 1. The fourth-order valence-electron chi connectivity index (χ4n) is 0.731. The molecule has 0 saturated carbocycles. The summed E-state index contributed by atoms with van der Waals surface area (Å²) < 4.78 is 0. The number of thioether (sulfide) groups is 1. The topological polar surface area (TPSA) is 59.1 Å². The number of nitrogens with zero attached hydrogens (tertiary/aromatic N) is 1. The van der Waals surface area contributed by atoms with Crippen molar-refractivity contribution in [2.45, 2.75) is 17.1 Å². The Labute approximate surface area is 76.0 Å². The lowest BCUT2D eigenvalue weighted by Crippen LogP contribution is -2.01. The molecule has 0 bridgehead atoms. The molecule has 1 aromatic heterocycles. The van der Waals surface area contributed by atoms with Gasteiger partial charge in [0, 0.05) is 16.3 Å². The van der Waals surface area contributed by atoms with Crippen LogP contribution in [0.1, 0.15) is 6.92 Å². The van der Waals surface area contributed by atoms with E-state index in [0.717, 1.165) is 4.90 Å². The van der Waals surface area contributed by atoms with E-state index in [1.54, 1.807) is 24.0 Å². The van der Waals surface area contributed by atoms with Gasteiger partial charge >= 0.3 is 0 Å². The molecule has 1 rings (SSSR count). The third-order valence-electron chi connectivity index (χ3n) is 1.35. The van der Waals surface area contributed by atoms with Crippen molar-refractivity contribution in [3.63, 3.8) is 0 Å². The Hall–Kier alpha value is -0.740. The Morgan fingerprint density at radius 3 is 2.92 bits per heavy atom. The van der Waals surface area contributed by atoms with Gasteiger partial charge in [0.15, 0.2) is 0 Å². The van der Waals surface area contributed by atoms with E-state index >= 15 is 0 Å². The molecule has 0 aromatic carbocycles. The summed E-state index contributed by atoms with van der Waals surface area (Å²) in [6.45, 7) is 2.13. The molecule has 3 N–H and O–H groups in total. The lowest BCUT2D eigenvalue weighted by atomic mass is 10.5. The molecule has 1 atom stereocenters. The molecule has 0 saturated heterocycles. The van der Waals surface area contributed by atoms with Crippen molar-refractivity contribution in [1.82, 2.24) is 4.98 Å². The second-order valence-corrected chi connectivity index (χ2v) is 4.04. The summed E-state index contributed by atoms with van der Waals surface area (Å²) in [4.78, 5) is 4.97. The Morgan fingerprint density at radius 1 is 1.67 bits per heavy atom. The molecule has 0 fully saturated rings. The Morgan fingerprint density at radius 2 is 2.42 bits per heavy atom. The predicted octanol–water partition coefficient (Wildman–Crippen LogP) is 1.14. The van der Waals surface area contributed by atoms with Crippen LogP contribution in [0, 0.1) is 0 Å². The number of aliphatic hydroxyl groups excluding tert-OH is 1. The van der Waals surface area contributed by atoms with Crippen LogP contribution < -0.4 is 5.73 Å². The van der Waals surface area contributed by atoms with E-state index in [2.05, 4.69) is 4.98 Å². The van der Waals surface area contributed by atoms with Crippen LogP contribution in [0.3, 0.4) is 0 Å². The SMILES string of the molecule is CC(CO)Sc1ccc(N)nc1. The van der Waals surface area contributed by atoms with Crippen molar-refractivity contribution in [1.29, 1.82) is 0 Å². The van der Waals surface area contributed by atoms with Crippen LogP contribution in [0.5, 0.6) is 0 Å². The second-order valence-electron chi connectivity index (χ2n) is 2.53. The van der Waals surface area contributed by atoms with Crippen LogP contribution >= 0.6 is 11.8 Å². The highest BCUT2D eigenvalue weighted by molar-refractivity contribution is 8.00. The molecule has 0 amide bonds. The first-order valence-corrected chi connectivity index (χ1v) is 4.59. The average Bonchev–Trinajstić information content (AvgIpc) is 2.09. The van der Waals surface area contributed by atoms with Crippen LogP contribution in [0.25, 0.3) is 0 Å². The summed E-state index contributed by atoms with van der Waals surface area (Å²) in [7, 11) is 0. The number of aliphatic hydroxyl groups is 1. The smallest absolute Gasteiger partial charge is 0.123 e. The van der Waals surface area contributed by atoms with Crippen LogP contribution in [-0.4, -0.2) is 21.9 Å². The number of nitrogen functional groups attached to an aromatic ring is 1. The predicted molar refractivity (Wildman–Crippen MR) is 51.1 cm³/mol. The first-order valence-electron chi connectivity index (χ1n) is 3.71. The van der Waals surface area contributed by atoms with Gasteiger partial charge in [-0.1, -0.05) is 6.92 Å². The molecule has 0 spiro atoms. The zero-order valence-electron chi connectivity index (χ0n) is 6.90. The van der Waals surface area contributed by atoms with Gasteiger partial charge in [0.2, 0.25) is 0 Å². The number of hydrogen-bond donors (Lipinski definition) is 2. The first kappa shape index (κ1) is 9.35. The fourth-order valence-corrected chi connectivity index (χ4v) is 1.53. The van der Waals surface area contributed by atoms with Gasteiger partial charge in [-0.15, -0.1) is 11.8 Å². The normalized spacial score (nSPS) is 12.8. The molecule has 0 aliphatic heterocycles. The number of anilines is 1. The second kappa shape index (κ2) is 4.33. The Balaban J connectivity index is 2.58. The lowest BCUT2D eigenvalue weighted by Gasteiger charge is -2.06. The van der Waals surface area contributed by atoms with E-state index in [0.29, 0.717) is 5.82 Å². The summed E-state index contributed by atoms with van der Waals surface area (Å²) in [5.74, 6) is 0.524. The van der Waals surface area contributed by atoms with E-state index in [-0.39, 0.29) is 11.9 Å². The molecule has 0 aliphatic rings. The van der Waals surface area contributed by atoms with E-state index < -0.39 is 0 Å². The van der Waals surface area contributed by atoms with Gasteiger partial charge in [-0.3, -0.25) is 0 Å². The van der Waals surface area contributed by atoms with Crippen molar-refractivity contribution >= 4 is 17.6 Å². The molecule has 3 nitrogen and oxygen atoms in total. The molecule has 0 radical (unpaired) electrons. The van der Waals surface area contributed by atoms with Gasteiger partial charge in [-0.2, -0.15) is 0 Å². The highest BCUT2D eigenvalue weighted by Crippen LogP contribution is 2.21. The summed E-state index contributed by atoms with van der Waals surface area (Å²) in [5.41, 5.74) is 5.42. The maximum Gasteiger partial charge on any atom is 0.123 e. The molecular formula is C8H12N2OS. The number of pyridine rings is 1. The Kier molecular flexibility index (Phi) is 3.37. The Bertz CT molecular complexity index is 237. The van der Waals surface area contributed by atoms with Crippen LogP contribution in [0.4, 0.5) is 5.82 Å². The van der Waals surface area contributed by atoms with E-state index in [1.165, 1.54) is 0 Å². The zero-order valence-corrected chi connectivity index (χ0v) is 7.71. The largest absolute Gasteiger partial charge is 0.395 e. The van der Waals surface area contributed by atoms with Gasteiger partial charge in [0.1, 0.15) is 5.82 Å². The summed E-state index contributed by atoms with van der Waals surface area (Å²) in [6, 6.07) is 3.66. The quantitative estimate of drug-likeness (QED) is 0.691. The first-order chi connectivity index (χ1) is 5.72. The van der Waals surface area contributed by atoms with Gasteiger partial charge in [-0.05, 0) is 12.1 Å². The third-order valence-corrected chi connectivity index (χ3v) is 2.42. The van der Waals surface area contributed by atoms with Crippen LogP contribution in [-0.2, 0) is 0 Å². The molecule has 66 valence electrons. The molecule has 12 heavy (non-hydrogen) atoms. The van der Waals surface area contributed by atoms with Crippen molar-refractivity contribution < 1.29 is 5.11 Å². The van der Waals surface area contributed by atoms with E-state index in [1.807, 2.05) is 13.0 Å². The minimum absolute atomic E-state index is 0.176. The van der Waals surface area contributed by atoms with Gasteiger partial charge in [0.25, 0.3) is 0 Å². The van der Waals surface area contributed by atoms with Gasteiger partial charge in [0.05, 0.1) is 6.61 Å². The van der Waals surface area contributed by atoms with Gasteiger partial charge in [-0.25, -0.2) is 4.98 Å². The molecule has 4 heteroatoms. The minimum atomic E-state index is 0.176. The zero-order chi connectivity index (χ0) is 8.97. The van der Waals surface area contributed by atoms with Crippen molar-refractivity contribution in [3.05, 3.63) is 18.3 Å².